The average Bonchev–Trinajstić information content (AvgIpc) is 2.56. The van der Waals surface area contributed by atoms with Crippen LogP contribution in [-0.2, 0) is 0 Å². The molecule has 0 unspecified atom stereocenters. The van der Waals surface area contributed by atoms with Crippen LogP contribution in [0.15, 0.2) is 64.4 Å². The number of nitrogens with one attached hydrogen (secondary N) is 1. The maximum Gasteiger partial charge on any atom is 0.161 e. The average molecular weight is 368 g/mol. The Morgan fingerprint density at radius 3 is 2.70 bits per heavy atom. The van der Waals surface area contributed by atoms with Crippen molar-refractivity contribution in [1.29, 1.82) is 0 Å². The molecule has 0 aliphatic carbocycles. The summed E-state index contributed by atoms with van der Waals surface area (Å²) in [5.41, 5.74) is 5.68. The minimum atomic E-state index is 0.649. The Kier molecular flexibility index (Phi) is 4.73. The first-order chi connectivity index (χ1) is 11.2. The molecule has 0 radical (unpaired) electrons. The van der Waals surface area contributed by atoms with Crippen LogP contribution in [-0.4, -0.2) is 21.2 Å². The van der Waals surface area contributed by atoms with Crippen molar-refractivity contribution >= 4 is 28.0 Å². The van der Waals surface area contributed by atoms with Gasteiger partial charge in [-0.3, -0.25) is 10.4 Å². The minimum absolute atomic E-state index is 0.649. The summed E-state index contributed by atoms with van der Waals surface area (Å²) in [5.74, 6) is 1.31. The molecule has 0 amide bonds. The predicted octanol–water partition coefficient (Wildman–Crippen LogP) is 4.06. The number of anilines is 1. The van der Waals surface area contributed by atoms with Gasteiger partial charge in [-0.05, 0) is 25.1 Å². The van der Waals surface area contributed by atoms with Crippen molar-refractivity contribution in [2.24, 2.45) is 5.10 Å². The number of halogens is 1. The van der Waals surface area contributed by atoms with E-state index in [0.29, 0.717) is 11.6 Å². The summed E-state index contributed by atoms with van der Waals surface area (Å²) < 4.78 is 1.02. The number of hydrogen-bond donors (Lipinski definition) is 1. The standard InChI is InChI=1S/C17H14BrN5/c1-12-9-16(23-20-11-13-3-2-8-19-10-13)22-17(21-12)14-4-6-15(18)7-5-14/h2-11H,1H3,(H,21,22,23). The molecule has 2 heterocycles. The second-order valence-electron chi connectivity index (χ2n) is 4.88. The number of benzene rings is 1. The van der Waals surface area contributed by atoms with Crippen molar-refractivity contribution in [2.45, 2.75) is 6.92 Å². The fourth-order valence-electron chi connectivity index (χ4n) is 1.98. The van der Waals surface area contributed by atoms with Gasteiger partial charge in [0.2, 0.25) is 0 Å². The van der Waals surface area contributed by atoms with Gasteiger partial charge in [0, 0.05) is 39.8 Å². The molecular weight excluding hydrogens is 354 g/mol. The van der Waals surface area contributed by atoms with Crippen LogP contribution in [0.5, 0.6) is 0 Å². The van der Waals surface area contributed by atoms with Crippen LogP contribution in [0, 0.1) is 6.92 Å². The van der Waals surface area contributed by atoms with Gasteiger partial charge in [-0.15, -0.1) is 0 Å². The van der Waals surface area contributed by atoms with Crippen molar-refractivity contribution in [2.75, 3.05) is 5.43 Å². The van der Waals surface area contributed by atoms with Crippen LogP contribution in [0.1, 0.15) is 11.3 Å². The fourth-order valence-corrected chi connectivity index (χ4v) is 2.24. The molecule has 0 saturated heterocycles. The minimum Gasteiger partial charge on any atom is -0.264 e. The number of hydrazone groups is 1. The van der Waals surface area contributed by atoms with E-state index in [4.69, 9.17) is 0 Å². The molecule has 2 aromatic heterocycles. The second kappa shape index (κ2) is 7.11. The number of aromatic nitrogens is 3. The number of aryl methyl sites for hydroxylation is 1. The van der Waals surface area contributed by atoms with Crippen molar-refractivity contribution in [3.8, 4) is 11.4 Å². The van der Waals surface area contributed by atoms with Crippen molar-refractivity contribution in [1.82, 2.24) is 15.0 Å². The van der Waals surface area contributed by atoms with Gasteiger partial charge in [0.05, 0.1) is 6.21 Å². The lowest BCUT2D eigenvalue weighted by molar-refractivity contribution is 1.10. The Bertz CT molecular complexity index is 816. The number of nitrogens with zero attached hydrogens (tertiary/aromatic N) is 4. The van der Waals surface area contributed by atoms with Gasteiger partial charge in [-0.2, -0.15) is 5.10 Å². The molecule has 0 fully saturated rings. The molecule has 3 aromatic rings. The Morgan fingerprint density at radius 1 is 1.13 bits per heavy atom. The van der Waals surface area contributed by atoms with Gasteiger partial charge in [0.1, 0.15) is 0 Å². The normalized spacial score (nSPS) is 10.9. The van der Waals surface area contributed by atoms with Crippen LogP contribution < -0.4 is 5.43 Å². The molecular formula is C17H14BrN5. The fraction of sp³-hybridized carbons (Fsp3) is 0.0588. The third-order valence-corrected chi connectivity index (χ3v) is 3.56. The SMILES string of the molecule is Cc1cc(NN=Cc2cccnc2)nc(-c2ccc(Br)cc2)n1. The summed E-state index contributed by atoms with van der Waals surface area (Å²) in [5, 5.41) is 4.19. The highest BCUT2D eigenvalue weighted by molar-refractivity contribution is 9.10. The molecule has 0 spiro atoms. The lowest BCUT2D eigenvalue weighted by Crippen LogP contribution is -1.99. The largest absolute Gasteiger partial charge is 0.264 e. The first-order valence-corrected chi connectivity index (χ1v) is 7.81. The Labute approximate surface area is 142 Å². The molecule has 114 valence electrons. The number of hydrogen-bond acceptors (Lipinski definition) is 5. The predicted molar refractivity (Wildman–Crippen MR) is 95.4 cm³/mol. The number of pyridine rings is 1. The van der Waals surface area contributed by atoms with E-state index in [1.165, 1.54) is 0 Å². The highest BCUT2D eigenvalue weighted by atomic mass is 79.9. The smallest absolute Gasteiger partial charge is 0.161 e. The topological polar surface area (TPSA) is 63.1 Å². The highest BCUT2D eigenvalue weighted by Gasteiger charge is 2.04. The summed E-state index contributed by atoms with van der Waals surface area (Å²) in [7, 11) is 0. The summed E-state index contributed by atoms with van der Waals surface area (Å²) in [6, 6.07) is 13.5. The first-order valence-electron chi connectivity index (χ1n) is 7.01. The zero-order valence-corrected chi connectivity index (χ0v) is 14.0. The zero-order chi connectivity index (χ0) is 16.1. The van der Waals surface area contributed by atoms with E-state index < -0.39 is 0 Å². The van der Waals surface area contributed by atoms with E-state index >= 15 is 0 Å². The summed E-state index contributed by atoms with van der Waals surface area (Å²) in [6.45, 7) is 1.93. The second-order valence-corrected chi connectivity index (χ2v) is 5.80. The molecule has 3 rings (SSSR count). The van der Waals surface area contributed by atoms with Gasteiger partial charge < -0.3 is 0 Å². The van der Waals surface area contributed by atoms with E-state index in [1.54, 1.807) is 18.6 Å². The van der Waals surface area contributed by atoms with Crippen LogP contribution in [0.3, 0.4) is 0 Å². The van der Waals surface area contributed by atoms with Crippen LogP contribution >= 0.6 is 15.9 Å². The van der Waals surface area contributed by atoms with Gasteiger partial charge in [0.15, 0.2) is 11.6 Å². The lowest BCUT2D eigenvalue weighted by atomic mass is 10.2. The monoisotopic (exact) mass is 367 g/mol. The third-order valence-electron chi connectivity index (χ3n) is 3.03. The van der Waals surface area contributed by atoms with Crippen LogP contribution in [0.2, 0.25) is 0 Å². The van der Waals surface area contributed by atoms with Gasteiger partial charge in [-0.1, -0.05) is 34.1 Å². The number of rotatable bonds is 4. The molecule has 0 atom stereocenters. The maximum absolute atomic E-state index is 4.50. The molecule has 6 heteroatoms. The third kappa shape index (κ3) is 4.20. The van der Waals surface area contributed by atoms with Gasteiger partial charge >= 0.3 is 0 Å². The molecule has 0 aliphatic rings. The molecule has 23 heavy (non-hydrogen) atoms. The van der Waals surface area contributed by atoms with Crippen molar-refractivity contribution < 1.29 is 0 Å². The van der Waals surface area contributed by atoms with E-state index in [2.05, 4.69) is 41.4 Å². The molecule has 1 aromatic carbocycles. The Balaban J connectivity index is 1.80. The van der Waals surface area contributed by atoms with Gasteiger partial charge in [-0.25, -0.2) is 9.97 Å². The quantitative estimate of drug-likeness (QED) is 0.557. The summed E-state index contributed by atoms with van der Waals surface area (Å²) >= 11 is 3.43. The van der Waals surface area contributed by atoms with Crippen molar-refractivity contribution in [3.63, 3.8) is 0 Å². The van der Waals surface area contributed by atoms with Crippen LogP contribution in [0.25, 0.3) is 11.4 Å². The summed E-state index contributed by atoms with van der Waals surface area (Å²) in [6.07, 6.45) is 5.16. The first kappa shape index (κ1) is 15.3. The zero-order valence-electron chi connectivity index (χ0n) is 12.4. The van der Waals surface area contributed by atoms with Crippen molar-refractivity contribution in [3.05, 3.63) is 70.6 Å². The molecule has 1 N–H and O–H groups in total. The van der Waals surface area contributed by atoms with E-state index in [-0.39, 0.29) is 0 Å². The van der Waals surface area contributed by atoms with Gasteiger partial charge in [0.25, 0.3) is 0 Å². The summed E-state index contributed by atoms with van der Waals surface area (Å²) in [4.78, 5) is 13.0. The van der Waals surface area contributed by atoms with Crippen LogP contribution in [0.4, 0.5) is 5.82 Å². The van der Waals surface area contributed by atoms with E-state index in [9.17, 15) is 0 Å². The molecule has 0 aliphatic heterocycles. The lowest BCUT2D eigenvalue weighted by Gasteiger charge is -2.05. The molecule has 0 bridgehead atoms. The maximum atomic E-state index is 4.50. The van der Waals surface area contributed by atoms with E-state index in [1.807, 2.05) is 49.4 Å². The highest BCUT2D eigenvalue weighted by Crippen LogP contribution is 2.20. The molecule has 5 nitrogen and oxygen atoms in total. The Hall–Kier alpha value is -2.60. The Morgan fingerprint density at radius 2 is 1.96 bits per heavy atom. The van der Waals surface area contributed by atoms with E-state index in [0.717, 1.165) is 21.3 Å². The molecule has 0 saturated carbocycles.